The van der Waals surface area contributed by atoms with Crippen LogP contribution in [0.15, 0.2) is 24.3 Å². The van der Waals surface area contributed by atoms with Crippen LogP contribution in [0.4, 0.5) is 0 Å². The van der Waals surface area contributed by atoms with Gasteiger partial charge in [0.15, 0.2) is 0 Å². The van der Waals surface area contributed by atoms with Crippen molar-refractivity contribution in [2.24, 2.45) is 11.8 Å². The number of hydrogen-bond donors (Lipinski definition) is 1. The standard InChI is InChI=1S/C23H32N2O4/c1-23(2,3)16-8-10-17(11-9-16)29-15-13-24-20(26)12-14-25-21(27)18-6-4-5-7-19(18)22(25)28/h8-11,18-19H,4-7,12-15H2,1-3H3,(H,24,26)/t18-,19-/m1/s1. The zero-order valence-corrected chi connectivity index (χ0v) is 17.7. The highest BCUT2D eigenvalue weighted by molar-refractivity contribution is 6.05. The Hall–Kier alpha value is -2.37. The SMILES string of the molecule is CC(C)(C)c1ccc(OCCNC(=O)CCN2C(=O)[C@@H]3CCCC[C@H]3C2=O)cc1. The molecule has 1 aromatic rings. The van der Waals surface area contributed by atoms with Gasteiger partial charge in [0.2, 0.25) is 17.7 Å². The molecule has 0 spiro atoms. The predicted octanol–water partition coefficient (Wildman–Crippen LogP) is 3.04. The Kier molecular flexibility index (Phi) is 6.60. The van der Waals surface area contributed by atoms with Crippen LogP contribution in [0.2, 0.25) is 0 Å². The Bertz CT molecular complexity index is 727. The number of nitrogens with one attached hydrogen (secondary N) is 1. The molecule has 1 N–H and O–H groups in total. The zero-order chi connectivity index (χ0) is 21.0. The van der Waals surface area contributed by atoms with E-state index in [-0.39, 0.29) is 47.9 Å². The quantitative estimate of drug-likeness (QED) is 0.564. The van der Waals surface area contributed by atoms with Crippen LogP contribution in [-0.2, 0) is 19.8 Å². The van der Waals surface area contributed by atoms with Crippen molar-refractivity contribution in [3.63, 3.8) is 0 Å². The van der Waals surface area contributed by atoms with E-state index < -0.39 is 0 Å². The van der Waals surface area contributed by atoms with E-state index in [0.717, 1.165) is 31.4 Å². The number of rotatable bonds is 7. The second kappa shape index (κ2) is 8.97. The molecule has 0 radical (unpaired) electrons. The van der Waals surface area contributed by atoms with E-state index in [9.17, 15) is 14.4 Å². The number of carbonyl (C=O) groups excluding carboxylic acids is 3. The van der Waals surface area contributed by atoms with Crippen LogP contribution in [0.1, 0.15) is 58.4 Å². The minimum absolute atomic E-state index is 0.0884. The number of hydrogen-bond acceptors (Lipinski definition) is 4. The molecule has 6 heteroatoms. The highest BCUT2D eigenvalue weighted by atomic mass is 16.5. The zero-order valence-electron chi connectivity index (χ0n) is 17.7. The summed E-state index contributed by atoms with van der Waals surface area (Å²) in [7, 11) is 0. The lowest BCUT2D eigenvalue weighted by Gasteiger charge is -2.19. The molecule has 1 aliphatic carbocycles. The molecule has 1 aliphatic heterocycles. The lowest BCUT2D eigenvalue weighted by Crippen LogP contribution is -2.36. The van der Waals surface area contributed by atoms with Gasteiger partial charge in [0.05, 0.1) is 18.4 Å². The molecule has 2 atom stereocenters. The minimum atomic E-state index is -0.174. The predicted molar refractivity (Wildman–Crippen MR) is 110 cm³/mol. The molecule has 1 heterocycles. The molecule has 2 aliphatic rings. The third-order valence-corrected chi connectivity index (χ3v) is 5.91. The van der Waals surface area contributed by atoms with Crippen molar-refractivity contribution in [1.82, 2.24) is 10.2 Å². The summed E-state index contributed by atoms with van der Waals surface area (Å²) in [4.78, 5) is 38.2. The Morgan fingerprint density at radius 3 is 2.21 bits per heavy atom. The van der Waals surface area contributed by atoms with E-state index in [0.29, 0.717) is 13.2 Å². The third-order valence-electron chi connectivity index (χ3n) is 5.91. The van der Waals surface area contributed by atoms with E-state index in [1.54, 1.807) is 0 Å². The van der Waals surface area contributed by atoms with Gasteiger partial charge in [-0.15, -0.1) is 0 Å². The Morgan fingerprint density at radius 1 is 1.07 bits per heavy atom. The third kappa shape index (κ3) is 5.17. The van der Waals surface area contributed by atoms with Crippen LogP contribution in [0.3, 0.4) is 0 Å². The molecule has 1 aromatic carbocycles. The Labute approximate surface area is 173 Å². The lowest BCUT2D eigenvalue weighted by atomic mass is 9.81. The van der Waals surface area contributed by atoms with E-state index in [2.05, 4.69) is 38.2 Å². The summed E-state index contributed by atoms with van der Waals surface area (Å²) in [6.45, 7) is 7.41. The normalized spacial score (nSPS) is 21.8. The van der Waals surface area contributed by atoms with Gasteiger partial charge in [-0.1, -0.05) is 45.7 Å². The van der Waals surface area contributed by atoms with E-state index in [1.165, 1.54) is 10.5 Å². The van der Waals surface area contributed by atoms with Crippen LogP contribution in [-0.4, -0.2) is 42.3 Å². The second-order valence-corrected chi connectivity index (χ2v) is 9.05. The molecular weight excluding hydrogens is 368 g/mol. The summed E-state index contributed by atoms with van der Waals surface area (Å²) in [6, 6.07) is 7.98. The first-order valence-corrected chi connectivity index (χ1v) is 10.6. The number of likely N-dealkylation sites (tertiary alicyclic amines) is 1. The van der Waals surface area contributed by atoms with Crippen LogP contribution < -0.4 is 10.1 Å². The molecule has 1 saturated heterocycles. The molecule has 0 unspecified atom stereocenters. The second-order valence-electron chi connectivity index (χ2n) is 9.05. The monoisotopic (exact) mass is 400 g/mol. The van der Waals surface area contributed by atoms with Crippen LogP contribution in [0.5, 0.6) is 5.75 Å². The minimum Gasteiger partial charge on any atom is -0.492 e. The molecule has 1 saturated carbocycles. The Balaban J connectivity index is 1.36. The van der Waals surface area contributed by atoms with Gasteiger partial charge in [-0.2, -0.15) is 0 Å². The van der Waals surface area contributed by atoms with Crippen molar-refractivity contribution in [1.29, 1.82) is 0 Å². The summed E-state index contributed by atoms with van der Waals surface area (Å²) in [5, 5.41) is 2.79. The molecule has 6 nitrogen and oxygen atoms in total. The number of carbonyl (C=O) groups is 3. The fourth-order valence-electron chi connectivity index (χ4n) is 4.16. The van der Waals surface area contributed by atoms with Gasteiger partial charge in [0.1, 0.15) is 12.4 Å². The Morgan fingerprint density at radius 2 is 1.66 bits per heavy atom. The van der Waals surface area contributed by atoms with Crippen LogP contribution >= 0.6 is 0 Å². The van der Waals surface area contributed by atoms with Crippen LogP contribution in [0, 0.1) is 11.8 Å². The maximum Gasteiger partial charge on any atom is 0.233 e. The van der Waals surface area contributed by atoms with E-state index >= 15 is 0 Å². The van der Waals surface area contributed by atoms with Crippen molar-refractivity contribution in [2.45, 2.75) is 58.3 Å². The molecule has 158 valence electrons. The van der Waals surface area contributed by atoms with Gasteiger partial charge < -0.3 is 10.1 Å². The summed E-state index contributed by atoms with van der Waals surface area (Å²) in [6.07, 6.45) is 3.75. The van der Waals surface area contributed by atoms with E-state index in [4.69, 9.17) is 4.74 Å². The average Bonchev–Trinajstić information content (AvgIpc) is 2.94. The molecule has 0 bridgehead atoms. The molecular formula is C23H32N2O4. The van der Waals surface area contributed by atoms with E-state index in [1.807, 2.05) is 12.1 Å². The topological polar surface area (TPSA) is 75.7 Å². The molecule has 0 aromatic heterocycles. The smallest absolute Gasteiger partial charge is 0.233 e. The van der Waals surface area contributed by atoms with Gasteiger partial charge in [-0.05, 0) is 36.0 Å². The van der Waals surface area contributed by atoms with Gasteiger partial charge >= 0.3 is 0 Å². The first-order valence-electron chi connectivity index (χ1n) is 10.6. The average molecular weight is 401 g/mol. The first-order chi connectivity index (χ1) is 13.8. The van der Waals surface area contributed by atoms with Crippen molar-refractivity contribution in [3.8, 4) is 5.75 Å². The van der Waals surface area contributed by atoms with Crippen molar-refractivity contribution in [3.05, 3.63) is 29.8 Å². The molecule has 2 fully saturated rings. The lowest BCUT2D eigenvalue weighted by molar-refractivity contribution is -0.140. The largest absolute Gasteiger partial charge is 0.492 e. The molecule has 29 heavy (non-hydrogen) atoms. The molecule has 3 amide bonds. The number of amides is 3. The van der Waals surface area contributed by atoms with Gasteiger partial charge in [-0.25, -0.2) is 0 Å². The van der Waals surface area contributed by atoms with Crippen LogP contribution in [0.25, 0.3) is 0 Å². The molecule has 3 rings (SSSR count). The number of ether oxygens (including phenoxy) is 1. The summed E-state index contributed by atoms with van der Waals surface area (Å²) >= 11 is 0. The summed E-state index contributed by atoms with van der Waals surface area (Å²) in [5.41, 5.74) is 1.34. The number of imide groups is 1. The highest BCUT2D eigenvalue weighted by Crippen LogP contribution is 2.37. The van der Waals surface area contributed by atoms with Gasteiger partial charge in [-0.3, -0.25) is 19.3 Å². The van der Waals surface area contributed by atoms with Gasteiger partial charge in [0, 0.05) is 13.0 Å². The fraction of sp³-hybridized carbons (Fsp3) is 0.609. The van der Waals surface area contributed by atoms with Crippen molar-refractivity contribution in [2.75, 3.05) is 19.7 Å². The summed E-state index contributed by atoms with van der Waals surface area (Å²) in [5.74, 6) is 0.106. The van der Waals surface area contributed by atoms with Crippen molar-refractivity contribution >= 4 is 17.7 Å². The summed E-state index contributed by atoms with van der Waals surface area (Å²) < 4.78 is 5.67. The number of nitrogens with zero attached hydrogens (tertiary/aromatic N) is 1. The van der Waals surface area contributed by atoms with Gasteiger partial charge in [0.25, 0.3) is 0 Å². The maximum atomic E-state index is 12.4. The first kappa shape index (κ1) is 21.3. The maximum absolute atomic E-state index is 12.4. The highest BCUT2D eigenvalue weighted by Gasteiger charge is 2.47. The van der Waals surface area contributed by atoms with Crippen molar-refractivity contribution < 1.29 is 19.1 Å². The number of fused-ring (bicyclic) bond motifs is 1. The fourth-order valence-corrected chi connectivity index (χ4v) is 4.16. The number of benzene rings is 1.